The predicted molar refractivity (Wildman–Crippen MR) is 84.1 cm³/mol. The average molecular weight is 269 g/mol. The van der Waals surface area contributed by atoms with Crippen molar-refractivity contribution in [1.82, 2.24) is 5.32 Å². The highest BCUT2D eigenvalue weighted by molar-refractivity contribution is 5.33. The second-order valence-corrected chi connectivity index (χ2v) is 4.81. The maximum absolute atomic E-state index is 5.62. The minimum atomic E-state index is 0.713. The zero-order chi connectivity index (χ0) is 14.0. The van der Waals surface area contributed by atoms with E-state index in [-0.39, 0.29) is 0 Å². The summed E-state index contributed by atoms with van der Waals surface area (Å²) in [5, 5.41) is 3.49. The zero-order valence-corrected chi connectivity index (χ0v) is 12.1. The van der Waals surface area contributed by atoms with E-state index in [0.29, 0.717) is 6.61 Å². The molecule has 0 saturated carbocycles. The van der Waals surface area contributed by atoms with E-state index in [2.05, 4.69) is 47.8 Å². The van der Waals surface area contributed by atoms with Gasteiger partial charge in [0.25, 0.3) is 0 Å². The lowest BCUT2D eigenvalue weighted by Crippen LogP contribution is -2.16. The van der Waals surface area contributed by atoms with E-state index in [1.807, 2.05) is 19.1 Å². The largest absolute Gasteiger partial charge is 0.494 e. The second-order valence-electron chi connectivity index (χ2n) is 4.81. The summed E-state index contributed by atoms with van der Waals surface area (Å²) in [6, 6.07) is 18.9. The molecule has 0 bridgehead atoms. The maximum atomic E-state index is 5.62. The fourth-order valence-corrected chi connectivity index (χ4v) is 2.23. The Morgan fingerprint density at radius 1 is 0.950 bits per heavy atom. The van der Waals surface area contributed by atoms with Gasteiger partial charge in [-0.15, -0.1) is 0 Å². The van der Waals surface area contributed by atoms with Gasteiger partial charge < -0.3 is 10.1 Å². The lowest BCUT2D eigenvalue weighted by atomic mass is 10.1. The highest BCUT2D eigenvalue weighted by Crippen LogP contribution is 2.17. The lowest BCUT2D eigenvalue weighted by molar-refractivity contribution is 0.335. The number of ether oxygens (including phenoxy) is 1. The molecule has 20 heavy (non-hydrogen) atoms. The van der Waals surface area contributed by atoms with Crippen LogP contribution in [0.5, 0.6) is 5.75 Å². The number of aryl methyl sites for hydroxylation is 1. The first-order valence-electron chi connectivity index (χ1n) is 7.35. The molecule has 0 saturated heterocycles. The first-order valence-corrected chi connectivity index (χ1v) is 7.35. The SMILES string of the molecule is CCOc1ccccc1CNCCCc1ccccc1. The fourth-order valence-electron chi connectivity index (χ4n) is 2.23. The predicted octanol–water partition coefficient (Wildman–Crippen LogP) is 3.81. The van der Waals surface area contributed by atoms with Crippen molar-refractivity contribution < 1.29 is 4.74 Å². The van der Waals surface area contributed by atoms with Crippen LogP contribution < -0.4 is 10.1 Å². The minimum Gasteiger partial charge on any atom is -0.494 e. The van der Waals surface area contributed by atoms with Crippen molar-refractivity contribution >= 4 is 0 Å². The molecule has 0 amide bonds. The molecule has 0 aliphatic rings. The Bertz CT molecular complexity index is 496. The van der Waals surface area contributed by atoms with Crippen LogP contribution in [0.4, 0.5) is 0 Å². The minimum absolute atomic E-state index is 0.713. The van der Waals surface area contributed by atoms with Crippen LogP contribution in [0.25, 0.3) is 0 Å². The van der Waals surface area contributed by atoms with Crippen molar-refractivity contribution in [3.8, 4) is 5.75 Å². The molecule has 106 valence electrons. The molecule has 2 rings (SSSR count). The summed E-state index contributed by atoms with van der Waals surface area (Å²) in [4.78, 5) is 0. The van der Waals surface area contributed by atoms with Crippen molar-refractivity contribution in [3.63, 3.8) is 0 Å². The van der Waals surface area contributed by atoms with Crippen LogP contribution in [0.2, 0.25) is 0 Å². The molecule has 2 heteroatoms. The third-order valence-electron chi connectivity index (χ3n) is 3.25. The van der Waals surface area contributed by atoms with Gasteiger partial charge in [0, 0.05) is 12.1 Å². The summed E-state index contributed by atoms with van der Waals surface area (Å²) in [5.41, 5.74) is 2.64. The molecule has 0 unspecified atom stereocenters. The monoisotopic (exact) mass is 269 g/mol. The van der Waals surface area contributed by atoms with E-state index in [4.69, 9.17) is 4.74 Å². The zero-order valence-electron chi connectivity index (χ0n) is 12.1. The maximum Gasteiger partial charge on any atom is 0.123 e. The van der Waals surface area contributed by atoms with Gasteiger partial charge in [0.15, 0.2) is 0 Å². The molecule has 0 spiro atoms. The molecule has 0 aliphatic heterocycles. The van der Waals surface area contributed by atoms with Gasteiger partial charge in [-0.2, -0.15) is 0 Å². The summed E-state index contributed by atoms with van der Waals surface area (Å²) in [7, 11) is 0. The number of para-hydroxylation sites is 1. The highest BCUT2D eigenvalue weighted by atomic mass is 16.5. The molecule has 0 heterocycles. The van der Waals surface area contributed by atoms with Crippen LogP contribution in [0.3, 0.4) is 0 Å². The second kappa shape index (κ2) is 8.39. The van der Waals surface area contributed by atoms with Gasteiger partial charge in [-0.1, -0.05) is 48.5 Å². The lowest BCUT2D eigenvalue weighted by Gasteiger charge is -2.10. The average Bonchev–Trinajstić information content (AvgIpc) is 2.50. The Hall–Kier alpha value is -1.80. The van der Waals surface area contributed by atoms with E-state index < -0.39 is 0 Å². The highest BCUT2D eigenvalue weighted by Gasteiger charge is 2.01. The third-order valence-corrected chi connectivity index (χ3v) is 3.25. The van der Waals surface area contributed by atoms with Gasteiger partial charge in [-0.05, 0) is 37.9 Å². The quantitative estimate of drug-likeness (QED) is 0.736. The molecule has 2 aromatic carbocycles. The number of rotatable bonds is 8. The summed E-state index contributed by atoms with van der Waals surface area (Å²) in [5.74, 6) is 0.991. The van der Waals surface area contributed by atoms with Crippen molar-refractivity contribution in [1.29, 1.82) is 0 Å². The van der Waals surface area contributed by atoms with Crippen LogP contribution in [-0.2, 0) is 13.0 Å². The Morgan fingerprint density at radius 3 is 2.50 bits per heavy atom. The van der Waals surface area contributed by atoms with Crippen LogP contribution in [-0.4, -0.2) is 13.2 Å². The molecular weight excluding hydrogens is 246 g/mol. The van der Waals surface area contributed by atoms with Gasteiger partial charge in [0.05, 0.1) is 6.61 Å². The molecule has 0 radical (unpaired) electrons. The molecular formula is C18H23NO. The molecule has 0 atom stereocenters. The van der Waals surface area contributed by atoms with E-state index >= 15 is 0 Å². The van der Waals surface area contributed by atoms with E-state index in [1.165, 1.54) is 11.1 Å². The Morgan fingerprint density at radius 2 is 1.70 bits per heavy atom. The first kappa shape index (κ1) is 14.6. The Balaban J connectivity index is 1.71. The molecule has 0 aliphatic carbocycles. The van der Waals surface area contributed by atoms with Gasteiger partial charge in [0.2, 0.25) is 0 Å². The third kappa shape index (κ3) is 4.71. The topological polar surface area (TPSA) is 21.3 Å². The summed E-state index contributed by atoms with van der Waals surface area (Å²) < 4.78 is 5.62. The summed E-state index contributed by atoms with van der Waals surface area (Å²) in [6.45, 7) is 4.62. The summed E-state index contributed by atoms with van der Waals surface area (Å²) in [6.07, 6.45) is 2.28. The molecule has 2 aromatic rings. The van der Waals surface area contributed by atoms with Crippen LogP contribution in [0.15, 0.2) is 54.6 Å². The van der Waals surface area contributed by atoms with Gasteiger partial charge in [-0.25, -0.2) is 0 Å². The summed E-state index contributed by atoms with van der Waals surface area (Å²) >= 11 is 0. The number of hydrogen-bond acceptors (Lipinski definition) is 2. The van der Waals surface area contributed by atoms with E-state index in [9.17, 15) is 0 Å². The Labute approximate surface area is 121 Å². The van der Waals surface area contributed by atoms with E-state index in [0.717, 1.165) is 31.7 Å². The van der Waals surface area contributed by atoms with Crippen LogP contribution in [0.1, 0.15) is 24.5 Å². The van der Waals surface area contributed by atoms with Gasteiger partial charge >= 0.3 is 0 Å². The molecule has 1 N–H and O–H groups in total. The number of nitrogens with one attached hydrogen (secondary N) is 1. The number of benzene rings is 2. The van der Waals surface area contributed by atoms with Crippen molar-refractivity contribution in [2.24, 2.45) is 0 Å². The number of hydrogen-bond donors (Lipinski definition) is 1. The van der Waals surface area contributed by atoms with Gasteiger partial charge in [-0.3, -0.25) is 0 Å². The van der Waals surface area contributed by atoms with E-state index in [1.54, 1.807) is 0 Å². The normalized spacial score (nSPS) is 10.4. The standard InChI is InChI=1S/C18H23NO/c1-2-20-18-13-7-6-12-17(18)15-19-14-8-11-16-9-4-3-5-10-16/h3-7,9-10,12-13,19H,2,8,11,14-15H2,1H3. The molecule has 0 aromatic heterocycles. The molecule has 2 nitrogen and oxygen atoms in total. The smallest absolute Gasteiger partial charge is 0.123 e. The van der Waals surface area contributed by atoms with Crippen LogP contribution >= 0.6 is 0 Å². The van der Waals surface area contributed by atoms with Crippen LogP contribution in [0, 0.1) is 0 Å². The molecule has 0 fully saturated rings. The Kier molecular flexibility index (Phi) is 6.12. The van der Waals surface area contributed by atoms with Gasteiger partial charge in [0.1, 0.15) is 5.75 Å². The fraction of sp³-hybridized carbons (Fsp3) is 0.333. The van der Waals surface area contributed by atoms with Crippen molar-refractivity contribution in [2.75, 3.05) is 13.2 Å². The van der Waals surface area contributed by atoms with Crippen molar-refractivity contribution in [2.45, 2.75) is 26.3 Å². The first-order chi connectivity index (χ1) is 9.90. The van der Waals surface area contributed by atoms with Crippen molar-refractivity contribution in [3.05, 3.63) is 65.7 Å².